The van der Waals surface area contributed by atoms with Crippen LogP contribution in [0.15, 0.2) is 24.3 Å². The monoisotopic (exact) mass is 439 g/mol. The zero-order valence-corrected chi connectivity index (χ0v) is 18.5. The molecule has 4 fully saturated rings. The summed E-state index contributed by atoms with van der Waals surface area (Å²) in [6.45, 7) is 5.16. The molecular formula is C24H30FN5O2. The number of nitrogens with zero attached hydrogens (tertiary/aromatic N) is 4. The van der Waals surface area contributed by atoms with Crippen molar-refractivity contribution in [2.75, 3.05) is 13.1 Å². The summed E-state index contributed by atoms with van der Waals surface area (Å²) >= 11 is 0. The molecule has 1 aromatic carbocycles. The molecule has 32 heavy (non-hydrogen) atoms. The summed E-state index contributed by atoms with van der Waals surface area (Å²) in [5, 5.41) is 9.38. The van der Waals surface area contributed by atoms with Gasteiger partial charge in [0, 0.05) is 25.2 Å². The Morgan fingerprint density at radius 3 is 2.59 bits per heavy atom. The molecule has 5 rings (SSSR count). The highest BCUT2D eigenvalue weighted by Gasteiger charge is 2.56. The van der Waals surface area contributed by atoms with Crippen LogP contribution in [0, 0.1) is 29.0 Å². The molecule has 1 aliphatic carbocycles. The Labute approximate surface area is 187 Å². The standard InChI is InChI=1S/C24H30FN5O2/c1-13(2)22(14-3-5-16(25)6-4-14)30-18-9-21(24(30)32)28(11-18)12-19(27)23(31)29-17(10-26)7-15-8-20(15)29/h3-6,13,15,17-22H,7-9,11-12,27H2,1-2H3/t15-,17+,18+,19+,20?,21+,22-/m1/s1. The third-order valence-corrected chi connectivity index (χ3v) is 7.71. The van der Waals surface area contributed by atoms with Crippen molar-refractivity contribution in [1.29, 1.82) is 5.26 Å². The fourth-order valence-corrected chi connectivity index (χ4v) is 6.19. The minimum atomic E-state index is -0.733. The number of halogens is 1. The van der Waals surface area contributed by atoms with E-state index in [0.717, 1.165) is 24.8 Å². The van der Waals surface area contributed by atoms with Gasteiger partial charge in [0.25, 0.3) is 0 Å². The van der Waals surface area contributed by atoms with Gasteiger partial charge in [0.2, 0.25) is 11.8 Å². The average Bonchev–Trinajstić information content (AvgIpc) is 3.10. The van der Waals surface area contributed by atoms with Crippen LogP contribution in [0.2, 0.25) is 0 Å². The second-order valence-corrected chi connectivity index (χ2v) is 10.1. The summed E-state index contributed by atoms with van der Waals surface area (Å²) < 4.78 is 13.4. The molecule has 0 radical (unpaired) electrons. The van der Waals surface area contributed by atoms with Gasteiger partial charge in [-0.2, -0.15) is 5.26 Å². The number of benzene rings is 1. The number of carbonyl (C=O) groups excluding carboxylic acids is 2. The highest BCUT2D eigenvalue weighted by molar-refractivity contribution is 5.87. The number of amides is 2. The number of hydrogen-bond acceptors (Lipinski definition) is 5. The lowest BCUT2D eigenvalue weighted by Crippen LogP contribution is -2.57. The van der Waals surface area contributed by atoms with E-state index in [-0.39, 0.29) is 53.8 Å². The van der Waals surface area contributed by atoms with Crippen LogP contribution in [-0.2, 0) is 9.59 Å². The zero-order valence-electron chi connectivity index (χ0n) is 18.5. The SMILES string of the molecule is CC(C)[C@H](c1ccc(F)cc1)N1C(=O)[C@@H]2C[C@H]1CN2C[C@H](N)C(=O)N1C2C[C@H]2C[C@H]1C#N. The Balaban J connectivity index is 1.27. The average molecular weight is 440 g/mol. The molecule has 4 aliphatic rings. The number of nitriles is 1. The molecule has 2 bridgehead atoms. The van der Waals surface area contributed by atoms with Gasteiger partial charge in [-0.05, 0) is 48.8 Å². The van der Waals surface area contributed by atoms with Crippen LogP contribution in [0.3, 0.4) is 0 Å². The minimum absolute atomic E-state index is 0.0544. The Bertz CT molecular complexity index is 960. The van der Waals surface area contributed by atoms with E-state index in [1.165, 1.54) is 12.1 Å². The summed E-state index contributed by atoms with van der Waals surface area (Å²) in [7, 11) is 0. The van der Waals surface area contributed by atoms with Gasteiger partial charge in [-0.1, -0.05) is 26.0 Å². The summed E-state index contributed by atoms with van der Waals surface area (Å²) in [6.07, 6.45) is 2.44. The van der Waals surface area contributed by atoms with E-state index in [1.807, 2.05) is 9.80 Å². The van der Waals surface area contributed by atoms with Gasteiger partial charge < -0.3 is 15.5 Å². The first-order valence-electron chi connectivity index (χ1n) is 11.6. The highest BCUT2D eigenvalue weighted by Crippen LogP contribution is 2.48. The van der Waals surface area contributed by atoms with Crippen molar-refractivity contribution in [3.8, 4) is 6.07 Å². The number of nitrogens with two attached hydrogens (primary N) is 1. The molecule has 3 aliphatic heterocycles. The van der Waals surface area contributed by atoms with Crippen LogP contribution in [0.1, 0.15) is 44.7 Å². The normalized spacial score (nSPS) is 32.9. The van der Waals surface area contributed by atoms with Crippen molar-refractivity contribution in [2.24, 2.45) is 17.6 Å². The van der Waals surface area contributed by atoms with Crippen molar-refractivity contribution in [3.05, 3.63) is 35.6 Å². The maximum atomic E-state index is 13.4. The molecule has 8 heteroatoms. The van der Waals surface area contributed by atoms with Gasteiger partial charge in [-0.25, -0.2) is 4.39 Å². The predicted molar refractivity (Wildman–Crippen MR) is 115 cm³/mol. The summed E-state index contributed by atoms with van der Waals surface area (Å²) in [4.78, 5) is 32.1. The number of piperidine rings is 1. The molecule has 1 unspecified atom stereocenters. The van der Waals surface area contributed by atoms with Crippen LogP contribution in [0.4, 0.5) is 4.39 Å². The molecular weight excluding hydrogens is 409 g/mol. The number of piperazine rings is 1. The maximum absolute atomic E-state index is 13.4. The lowest BCUT2D eigenvalue weighted by molar-refractivity contribution is -0.142. The molecule has 2 N–H and O–H groups in total. The maximum Gasteiger partial charge on any atom is 0.242 e. The van der Waals surface area contributed by atoms with Crippen LogP contribution in [0.5, 0.6) is 0 Å². The molecule has 7 atom stereocenters. The van der Waals surface area contributed by atoms with E-state index in [4.69, 9.17) is 5.73 Å². The van der Waals surface area contributed by atoms with Crippen molar-refractivity contribution in [2.45, 2.75) is 69.4 Å². The second kappa shape index (κ2) is 7.82. The number of carbonyl (C=O) groups is 2. The van der Waals surface area contributed by atoms with Gasteiger partial charge in [0.15, 0.2) is 0 Å². The lowest BCUT2D eigenvalue weighted by atomic mass is 9.93. The predicted octanol–water partition coefficient (Wildman–Crippen LogP) is 1.65. The molecule has 7 nitrogen and oxygen atoms in total. The van der Waals surface area contributed by atoms with Crippen LogP contribution >= 0.6 is 0 Å². The molecule has 3 saturated heterocycles. The molecule has 0 aromatic heterocycles. The van der Waals surface area contributed by atoms with Crippen molar-refractivity contribution in [1.82, 2.24) is 14.7 Å². The fourth-order valence-electron chi connectivity index (χ4n) is 6.19. The molecule has 3 heterocycles. The molecule has 0 spiro atoms. The lowest BCUT2D eigenvalue weighted by Gasteiger charge is -2.41. The zero-order chi connectivity index (χ0) is 22.7. The highest BCUT2D eigenvalue weighted by atomic mass is 19.1. The second-order valence-electron chi connectivity index (χ2n) is 10.1. The summed E-state index contributed by atoms with van der Waals surface area (Å²) in [5.74, 6) is 0.241. The Morgan fingerprint density at radius 1 is 1.25 bits per heavy atom. The van der Waals surface area contributed by atoms with Gasteiger partial charge in [0.05, 0.1) is 24.2 Å². The van der Waals surface area contributed by atoms with Gasteiger partial charge in [-0.15, -0.1) is 0 Å². The van der Waals surface area contributed by atoms with E-state index < -0.39 is 6.04 Å². The number of rotatable bonds is 6. The smallest absolute Gasteiger partial charge is 0.242 e. The van der Waals surface area contributed by atoms with Crippen LogP contribution in [-0.4, -0.2) is 69.8 Å². The summed E-state index contributed by atoms with van der Waals surface area (Å²) in [5.41, 5.74) is 7.24. The number of fused-ring (bicyclic) bond motifs is 3. The van der Waals surface area contributed by atoms with Crippen molar-refractivity contribution >= 4 is 11.8 Å². The van der Waals surface area contributed by atoms with Crippen LogP contribution < -0.4 is 5.73 Å². The van der Waals surface area contributed by atoms with E-state index in [0.29, 0.717) is 19.0 Å². The number of likely N-dealkylation sites (tertiary alicyclic amines) is 3. The third kappa shape index (κ3) is 3.39. The Hall–Kier alpha value is -2.50. The van der Waals surface area contributed by atoms with Gasteiger partial charge in [0.1, 0.15) is 11.9 Å². The molecule has 170 valence electrons. The molecule has 1 aromatic rings. The number of hydrogen-bond donors (Lipinski definition) is 1. The fraction of sp³-hybridized carbons (Fsp3) is 0.625. The van der Waals surface area contributed by atoms with Gasteiger partial charge in [-0.3, -0.25) is 14.5 Å². The summed E-state index contributed by atoms with van der Waals surface area (Å²) in [6, 6.07) is 7.39. The van der Waals surface area contributed by atoms with E-state index >= 15 is 0 Å². The van der Waals surface area contributed by atoms with Gasteiger partial charge >= 0.3 is 0 Å². The van der Waals surface area contributed by atoms with E-state index in [1.54, 1.807) is 17.0 Å². The van der Waals surface area contributed by atoms with Crippen molar-refractivity contribution in [3.63, 3.8) is 0 Å². The first-order valence-corrected chi connectivity index (χ1v) is 11.6. The minimum Gasteiger partial charge on any atom is -0.330 e. The topological polar surface area (TPSA) is 93.7 Å². The van der Waals surface area contributed by atoms with Crippen molar-refractivity contribution < 1.29 is 14.0 Å². The first-order chi connectivity index (χ1) is 15.3. The Morgan fingerprint density at radius 2 is 1.97 bits per heavy atom. The van der Waals surface area contributed by atoms with E-state index in [2.05, 4.69) is 19.9 Å². The molecule has 2 amide bonds. The first kappa shape index (κ1) is 21.4. The quantitative estimate of drug-likeness (QED) is 0.728. The largest absolute Gasteiger partial charge is 0.330 e. The molecule has 1 saturated carbocycles. The Kier molecular flexibility index (Phi) is 5.22. The third-order valence-electron chi connectivity index (χ3n) is 7.71. The van der Waals surface area contributed by atoms with Crippen LogP contribution in [0.25, 0.3) is 0 Å². The van der Waals surface area contributed by atoms with E-state index in [9.17, 15) is 19.2 Å².